The number of hydrogen-bond donors (Lipinski definition) is 0. The van der Waals surface area contributed by atoms with Gasteiger partial charge >= 0.3 is 5.97 Å². The van der Waals surface area contributed by atoms with E-state index < -0.39 is 0 Å². The molecule has 0 aromatic heterocycles. The summed E-state index contributed by atoms with van der Waals surface area (Å²) in [6, 6.07) is 0. The molecule has 0 spiro atoms. The van der Waals surface area contributed by atoms with Gasteiger partial charge < -0.3 is 9.47 Å². The molecule has 0 aliphatic carbocycles. The molecule has 0 unspecified atom stereocenters. The largest absolute Gasteiger partial charge is 0.462 e. The first-order valence-electron chi connectivity index (χ1n) is 5.33. The smallest absolute Gasteiger partial charge is 0.333 e. The van der Waals surface area contributed by atoms with Crippen LogP contribution in [0.15, 0.2) is 12.2 Å². The van der Waals surface area contributed by atoms with Gasteiger partial charge in [-0.3, -0.25) is 4.90 Å². The number of ether oxygens (including phenoxy) is 2. The van der Waals surface area contributed by atoms with Crippen LogP contribution in [0.1, 0.15) is 13.3 Å². The van der Waals surface area contributed by atoms with Gasteiger partial charge in [-0.05, 0) is 24.3 Å². The van der Waals surface area contributed by atoms with E-state index in [0.717, 1.165) is 39.3 Å². The normalized spacial score (nSPS) is 16.3. The van der Waals surface area contributed by atoms with Gasteiger partial charge in [0.15, 0.2) is 0 Å². The first-order chi connectivity index (χ1) is 7.20. The predicted octanol–water partition coefficient (Wildman–Crippen LogP) is -0.624. The Labute approximate surface area is 102 Å². The van der Waals surface area contributed by atoms with Gasteiger partial charge in [-0.15, -0.1) is 0 Å². The summed E-state index contributed by atoms with van der Waals surface area (Å²) in [5.74, 6) is -0.294. The van der Waals surface area contributed by atoms with Gasteiger partial charge in [-0.1, -0.05) is 6.58 Å². The zero-order chi connectivity index (χ0) is 11.1. The van der Waals surface area contributed by atoms with Gasteiger partial charge in [-0.25, -0.2) is 4.79 Å². The van der Waals surface area contributed by atoms with E-state index in [1.54, 1.807) is 6.92 Å². The summed E-state index contributed by atoms with van der Waals surface area (Å²) >= 11 is 0. The molecule has 16 heavy (non-hydrogen) atoms. The Kier molecular flexibility index (Phi) is 8.15. The summed E-state index contributed by atoms with van der Waals surface area (Å²) in [5.41, 5.74) is 0.460. The standard InChI is InChI=1S/C11H19NO3.H4Si/c1-10(2)11(13)15-7-3-4-12-5-8-14-9-6-12;/h1,3-9H2,2H3;1H4. The predicted molar refractivity (Wildman–Crippen MR) is 69.0 cm³/mol. The summed E-state index contributed by atoms with van der Waals surface area (Å²) in [6.45, 7) is 10.2. The molecule has 94 valence electrons. The molecular weight excluding hydrogens is 222 g/mol. The Balaban J connectivity index is 0.00000225. The molecule has 1 saturated heterocycles. The summed E-state index contributed by atoms with van der Waals surface area (Å²) in [5, 5.41) is 0. The molecule has 0 aromatic rings. The van der Waals surface area contributed by atoms with Crippen molar-refractivity contribution in [2.75, 3.05) is 39.5 Å². The first kappa shape index (κ1) is 15.3. The Bertz CT molecular complexity index is 227. The van der Waals surface area contributed by atoms with Crippen LogP contribution in [0.4, 0.5) is 0 Å². The zero-order valence-electron chi connectivity index (χ0n) is 9.33. The van der Waals surface area contributed by atoms with Gasteiger partial charge in [0.25, 0.3) is 0 Å². The molecule has 1 aliphatic rings. The monoisotopic (exact) mass is 245 g/mol. The molecule has 0 saturated carbocycles. The molecule has 1 heterocycles. The number of nitrogens with zero attached hydrogens (tertiary/aromatic N) is 1. The summed E-state index contributed by atoms with van der Waals surface area (Å²) in [7, 11) is 0. The number of hydrogen-bond acceptors (Lipinski definition) is 4. The molecule has 5 heteroatoms. The number of esters is 1. The lowest BCUT2D eigenvalue weighted by molar-refractivity contribution is -0.139. The van der Waals surface area contributed by atoms with Crippen molar-refractivity contribution >= 4 is 16.9 Å². The van der Waals surface area contributed by atoms with Crippen LogP contribution < -0.4 is 0 Å². The Morgan fingerprint density at radius 3 is 2.62 bits per heavy atom. The van der Waals surface area contributed by atoms with E-state index in [-0.39, 0.29) is 16.9 Å². The van der Waals surface area contributed by atoms with Crippen LogP contribution in [0.3, 0.4) is 0 Å². The van der Waals surface area contributed by atoms with Gasteiger partial charge in [0, 0.05) is 25.2 Å². The van der Waals surface area contributed by atoms with Crippen molar-refractivity contribution in [3.05, 3.63) is 12.2 Å². The number of morpholine rings is 1. The average Bonchev–Trinajstić information content (AvgIpc) is 2.25. The molecule has 0 amide bonds. The summed E-state index contributed by atoms with van der Waals surface area (Å²) < 4.78 is 10.2. The number of carbonyl (C=O) groups is 1. The van der Waals surface area contributed by atoms with Gasteiger partial charge in [0.2, 0.25) is 0 Å². The third kappa shape index (κ3) is 6.04. The Morgan fingerprint density at radius 2 is 2.06 bits per heavy atom. The molecule has 4 nitrogen and oxygen atoms in total. The van der Waals surface area contributed by atoms with Crippen molar-refractivity contribution < 1.29 is 14.3 Å². The maximum atomic E-state index is 11.0. The second-order valence-corrected chi connectivity index (χ2v) is 3.72. The van der Waals surface area contributed by atoms with E-state index in [1.165, 1.54) is 0 Å². The van der Waals surface area contributed by atoms with Gasteiger partial charge in [-0.2, -0.15) is 0 Å². The van der Waals surface area contributed by atoms with Crippen LogP contribution in [0.5, 0.6) is 0 Å². The van der Waals surface area contributed by atoms with E-state index in [9.17, 15) is 4.79 Å². The number of carbonyl (C=O) groups excluding carboxylic acids is 1. The van der Waals surface area contributed by atoms with Crippen molar-refractivity contribution in [3.63, 3.8) is 0 Å². The highest BCUT2D eigenvalue weighted by molar-refractivity contribution is 5.86. The third-order valence-corrected chi connectivity index (χ3v) is 2.30. The molecule has 1 rings (SSSR count). The summed E-state index contributed by atoms with van der Waals surface area (Å²) in [6.07, 6.45) is 0.874. The van der Waals surface area contributed by atoms with E-state index in [0.29, 0.717) is 12.2 Å². The lowest BCUT2D eigenvalue weighted by atomic mass is 10.3. The highest BCUT2D eigenvalue weighted by atomic mass is 28.1. The van der Waals surface area contributed by atoms with Gasteiger partial charge in [0.05, 0.1) is 19.8 Å². The molecule has 0 bridgehead atoms. The van der Waals surface area contributed by atoms with Crippen LogP contribution in [0.2, 0.25) is 0 Å². The quantitative estimate of drug-likeness (QED) is 0.280. The molecule has 0 aromatic carbocycles. The fraction of sp³-hybridized carbons (Fsp3) is 0.727. The minimum absolute atomic E-state index is 0. The first-order valence-corrected chi connectivity index (χ1v) is 5.33. The lowest BCUT2D eigenvalue weighted by Gasteiger charge is -2.26. The van der Waals surface area contributed by atoms with Crippen LogP contribution in [-0.4, -0.2) is 61.3 Å². The van der Waals surface area contributed by atoms with Crippen LogP contribution in [0, 0.1) is 0 Å². The maximum Gasteiger partial charge on any atom is 0.333 e. The highest BCUT2D eigenvalue weighted by Gasteiger charge is 2.09. The Morgan fingerprint density at radius 1 is 1.44 bits per heavy atom. The molecule has 0 N–H and O–H groups in total. The lowest BCUT2D eigenvalue weighted by Crippen LogP contribution is -2.37. The number of rotatable bonds is 5. The molecule has 1 fully saturated rings. The minimum atomic E-state index is -0.294. The minimum Gasteiger partial charge on any atom is -0.462 e. The fourth-order valence-corrected chi connectivity index (χ4v) is 1.40. The summed E-state index contributed by atoms with van der Waals surface area (Å²) in [4.78, 5) is 13.4. The fourth-order valence-electron chi connectivity index (χ4n) is 1.40. The highest BCUT2D eigenvalue weighted by Crippen LogP contribution is 1.99. The van der Waals surface area contributed by atoms with Crippen LogP contribution in [-0.2, 0) is 14.3 Å². The molecular formula is C11H23NO3Si. The second kappa shape index (κ2) is 8.49. The van der Waals surface area contributed by atoms with Crippen LogP contribution in [0.25, 0.3) is 0 Å². The van der Waals surface area contributed by atoms with Crippen molar-refractivity contribution in [1.29, 1.82) is 0 Å². The molecule has 0 atom stereocenters. The van der Waals surface area contributed by atoms with Crippen LogP contribution >= 0.6 is 0 Å². The van der Waals surface area contributed by atoms with Gasteiger partial charge in [0.1, 0.15) is 0 Å². The van der Waals surface area contributed by atoms with E-state index in [1.807, 2.05) is 0 Å². The molecule has 1 aliphatic heterocycles. The SMILES string of the molecule is C=C(C)C(=O)OCCCN1CCOCC1.[SiH4]. The third-order valence-electron chi connectivity index (χ3n) is 2.30. The van der Waals surface area contributed by atoms with E-state index in [2.05, 4.69) is 11.5 Å². The molecule has 0 radical (unpaired) electrons. The second-order valence-electron chi connectivity index (χ2n) is 3.72. The Hall–Kier alpha value is -0.653. The maximum absolute atomic E-state index is 11.0. The van der Waals surface area contributed by atoms with Crippen molar-refractivity contribution in [1.82, 2.24) is 4.90 Å². The zero-order valence-corrected chi connectivity index (χ0v) is 9.33. The van der Waals surface area contributed by atoms with E-state index >= 15 is 0 Å². The van der Waals surface area contributed by atoms with E-state index in [4.69, 9.17) is 9.47 Å². The average molecular weight is 245 g/mol. The van der Waals surface area contributed by atoms with Crippen molar-refractivity contribution in [2.45, 2.75) is 13.3 Å². The van der Waals surface area contributed by atoms with Crippen molar-refractivity contribution in [3.8, 4) is 0 Å². The topological polar surface area (TPSA) is 38.8 Å². The van der Waals surface area contributed by atoms with Crippen molar-refractivity contribution in [2.24, 2.45) is 0 Å².